The quantitative estimate of drug-likeness (QED) is 0.101. The molecule has 0 unspecified atom stereocenters. The van der Waals surface area contributed by atoms with Crippen LogP contribution >= 0.6 is 0 Å². The molecule has 1 heterocycles. The molecule has 0 saturated heterocycles. The van der Waals surface area contributed by atoms with Gasteiger partial charge in [-0.3, -0.25) is 19.7 Å². The summed E-state index contributed by atoms with van der Waals surface area (Å²) in [6, 6.07) is 25.3. The van der Waals surface area contributed by atoms with Crippen LogP contribution in [0, 0.1) is 16.0 Å². The van der Waals surface area contributed by atoms with Gasteiger partial charge in [0.25, 0.3) is 11.6 Å². The fourth-order valence-corrected chi connectivity index (χ4v) is 5.94. The van der Waals surface area contributed by atoms with Crippen LogP contribution in [0.2, 0.25) is 0 Å². The lowest BCUT2D eigenvalue weighted by atomic mass is 9.97. The molecule has 0 spiro atoms. The monoisotopic (exact) mass is 663 g/mol. The van der Waals surface area contributed by atoms with Crippen LogP contribution < -0.4 is 14.8 Å². The molecule has 2 amide bonds. The topological polar surface area (TPSA) is 129 Å². The molecule has 0 radical (unpaired) electrons. The molecule has 0 aliphatic carbocycles. The second-order valence-electron chi connectivity index (χ2n) is 12.0. The van der Waals surface area contributed by atoms with E-state index in [1.54, 1.807) is 47.8 Å². The van der Waals surface area contributed by atoms with E-state index in [-0.39, 0.29) is 42.4 Å². The van der Waals surface area contributed by atoms with E-state index >= 15 is 0 Å². The minimum Gasteiger partial charge on any atom is -0.496 e. The molecule has 0 bridgehead atoms. The first kappa shape index (κ1) is 34.6. The summed E-state index contributed by atoms with van der Waals surface area (Å²) in [5.74, 6) is 0.362. The number of nitro groups is 1. The number of carbonyl (C=O) groups is 2. The van der Waals surface area contributed by atoms with Crippen LogP contribution in [0.4, 0.5) is 5.69 Å². The number of nitro benzene ring substituents is 1. The van der Waals surface area contributed by atoms with Crippen molar-refractivity contribution in [2.45, 2.75) is 45.8 Å². The third-order valence-corrected chi connectivity index (χ3v) is 8.90. The minimum atomic E-state index is -0.436. The predicted molar refractivity (Wildman–Crippen MR) is 188 cm³/mol. The zero-order chi connectivity index (χ0) is 34.9. The number of hydrogen-bond donors (Lipinski definition) is 1. The number of rotatable bonds is 15. The first-order valence-electron chi connectivity index (χ1n) is 16.2. The summed E-state index contributed by atoms with van der Waals surface area (Å²) < 4.78 is 13.1. The van der Waals surface area contributed by atoms with Gasteiger partial charge in [-0.1, -0.05) is 80.9 Å². The summed E-state index contributed by atoms with van der Waals surface area (Å²) >= 11 is 0. The molecule has 1 N–H and O–H groups in total. The molecule has 4 aromatic carbocycles. The number of amides is 2. The standard InChI is InChI=1S/C38H41N5O6/c1-5-26(2)33(40-36(44)20-31-21-39-25-42(31)22-27-16-18-30(19-17-27)43(46)47)24-41(23-29-12-8-11-28-10-6-7-13-32(28)29)38(45)37-34(48-3)14-9-15-35(37)49-4/h6-19,21,25-26,33H,5,20,22-24H2,1-4H3,(H,40,44)/t26-,33+/m0/s1. The van der Waals surface area contributed by atoms with Gasteiger partial charge in [0.1, 0.15) is 17.1 Å². The van der Waals surface area contributed by atoms with Crippen LogP contribution in [0.3, 0.4) is 0 Å². The van der Waals surface area contributed by atoms with Crippen molar-refractivity contribution in [3.63, 3.8) is 0 Å². The predicted octanol–water partition coefficient (Wildman–Crippen LogP) is 6.43. The highest BCUT2D eigenvalue weighted by molar-refractivity contribution is 6.00. The third kappa shape index (κ3) is 8.24. The van der Waals surface area contributed by atoms with Gasteiger partial charge in [0.15, 0.2) is 0 Å². The summed E-state index contributed by atoms with van der Waals surface area (Å²) in [5.41, 5.74) is 2.85. The van der Waals surface area contributed by atoms with E-state index in [4.69, 9.17) is 9.47 Å². The van der Waals surface area contributed by atoms with Gasteiger partial charge in [-0.15, -0.1) is 0 Å². The Kier molecular flexibility index (Phi) is 11.3. The van der Waals surface area contributed by atoms with Crippen molar-refractivity contribution in [3.05, 3.63) is 130 Å². The van der Waals surface area contributed by atoms with Crippen molar-refractivity contribution in [2.24, 2.45) is 5.92 Å². The second-order valence-corrected chi connectivity index (χ2v) is 12.0. The lowest BCUT2D eigenvalue weighted by molar-refractivity contribution is -0.384. The van der Waals surface area contributed by atoms with Gasteiger partial charge >= 0.3 is 0 Å². The van der Waals surface area contributed by atoms with E-state index in [9.17, 15) is 19.7 Å². The van der Waals surface area contributed by atoms with Crippen LogP contribution in [0.5, 0.6) is 11.5 Å². The van der Waals surface area contributed by atoms with Crippen molar-refractivity contribution in [1.82, 2.24) is 19.8 Å². The maximum absolute atomic E-state index is 14.5. The highest BCUT2D eigenvalue weighted by Gasteiger charge is 2.29. The number of non-ortho nitro benzene ring substituents is 1. The van der Waals surface area contributed by atoms with Crippen molar-refractivity contribution in [1.29, 1.82) is 0 Å². The molecule has 5 rings (SSSR count). The average molecular weight is 664 g/mol. The number of methoxy groups -OCH3 is 2. The number of aromatic nitrogens is 2. The van der Waals surface area contributed by atoms with Crippen LogP contribution in [0.25, 0.3) is 10.8 Å². The molecule has 0 aliphatic heterocycles. The number of nitrogens with zero attached hydrogens (tertiary/aromatic N) is 4. The zero-order valence-electron chi connectivity index (χ0n) is 28.2. The summed E-state index contributed by atoms with van der Waals surface area (Å²) in [7, 11) is 3.05. The number of carbonyl (C=O) groups excluding carboxylic acids is 2. The molecule has 254 valence electrons. The molecule has 11 heteroatoms. The van der Waals surface area contributed by atoms with E-state index in [0.717, 1.165) is 28.3 Å². The molecule has 11 nitrogen and oxygen atoms in total. The molecule has 0 aliphatic rings. The fraction of sp³-hybridized carbons (Fsp3) is 0.289. The lowest BCUT2D eigenvalue weighted by Gasteiger charge is -2.32. The van der Waals surface area contributed by atoms with Gasteiger partial charge in [-0.25, -0.2) is 4.98 Å². The highest BCUT2D eigenvalue weighted by atomic mass is 16.6. The maximum atomic E-state index is 14.5. The Balaban J connectivity index is 1.41. The summed E-state index contributed by atoms with van der Waals surface area (Å²) in [6.07, 6.45) is 4.13. The largest absolute Gasteiger partial charge is 0.496 e. The molecular weight excluding hydrogens is 622 g/mol. The Morgan fingerprint density at radius 1 is 0.959 bits per heavy atom. The highest BCUT2D eigenvalue weighted by Crippen LogP contribution is 2.31. The zero-order valence-corrected chi connectivity index (χ0v) is 28.2. The van der Waals surface area contributed by atoms with E-state index in [1.807, 2.05) is 47.0 Å². The molecule has 0 saturated carbocycles. The number of hydrogen-bond acceptors (Lipinski definition) is 7. The van der Waals surface area contributed by atoms with Crippen molar-refractivity contribution < 1.29 is 24.0 Å². The Hall–Kier alpha value is -5.71. The molecule has 2 atom stereocenters. The number of imidazole rings is 1. The van der Waals surface area contributed by atoms with Crippen LogP contribution in [-0.4, -0.2) is 58.0 Å². The van der Waals surface area contributed by atoms with E-state index < -0.39 is 4.92 Å². The van der Waals surface area contributed by atoms with Crippen LogP contribution in [-0.2, 0) is 24.3 Å². The first-order chi connectivity index (χ1) is 23.7. The second kappa shape index (κ2) is 15.9. The third-order valence-electron chi connectivity index (χ3n) is 8.90. The summed E-state index contributed by atoms with van der Waals surface area (Å²) in [5, 5.41) is 16.4. The first-order valence-corrected chi connectivity index (χ1v) is 16.2. The molecule has 0 fully saturated rings. The number of benzene rings is 4. The molecule has 49 heavy (non-hydrogen) atoms. The Labute approximate surface area is 285 Å². The molecule has 5 aromatic rings. The Bertz CT molecular complexity index is 1890. The van der Waals surface area contributed by atoms with Crippen LogP contribution in [0.15, 0.2) is 97.5 Å². The average Bonchev–Trinajstić information content (AvgIpc) is 3.55. The minimum absolute atomic E-state index is 0.0159. The van der Waals surface area contributed by atoms with Crippen LogP contribution in [0.1, 0.15) is 47.4 Å². The SMILES string of the molecule is CC[C@H](C)[C@@H](CN(Cc1cccc2ccccc12)C(=O)c1c(OC)cccc1OC)NC(=O)Cc1cncn1Cc1ccc([N+](=O)[O-])cc1. The van der Waals surface area contributed by atoms with Gasteiger partial charge in [0.2, 0.25) is 5.91 Å². The Morgan fingerprint density at radius 2 is 1.63 bits per heavy atom. The van der Waals surface area contributed by atoms with Gasteiger partial charge in [0, 0.05) is 49.7 Å². The van der Waals surface area contributed by atoms with E-state index in [0.29, 0.717) is 35.8 Å². The van der Waals surface area contributed by atoms with E-state index in [2.05, 4.69) is 24.1 Å². The smallest absolute Gasteiger partial charge is 0.269 e. The summed E-state index contributed by atoms with van der Waals surface area (Å²) in [4.78, 5) is 44.8. The van der Waals surface area contributed by atoms with Crippen molar-refractivity contribution in [2.75, 3.05) is 20.8 Å². The van der Waals surface area contributed by atoms with Gasteiger partial charge in [-0.2, -0.15) is 0 Å². The Morgan fingerprint density at radius 3 is 2.31 bits per heavy atom. The fourth-order valence-electron chi connectivity index (χ4n) is 5.94. The lowest BCUT2D eigenvalue weighted by Crippen LogP contribution is -2.49. The number of fused-ring (bicyclic) bond motifs is 1. The normalized spacial score (nSPS) is 12.2. The van der Waals surface area contributed by atoms with Gasteiger partial charge in [0.05, 0.1) is 31.9 Å². The number of nitrogens with one attached hydrogen (secondary N) is 1. The van der Waals surface area contributed by atoms with Crippen molar-refractivity contribution >= 4 is 28.3 Å². The molecule has 1 aromatic heterocycles. The maximum Gasteiger partial charge on any atom is 0.269 e. The molecular formula is C38H41N5O6. The van der Waals surface area contributed by atoms with E-state index in [1.165, 1.54) is 26.4 Å². The van der Waals surface area contributed by atoms with Crippen molar-refractivity contribution in [3.8, 4) is 11.5 Å². The van der Waals surface area contributed by atoms with Gasteiger partial charge < -0.3 is 24.3 Å². The summed E-state index contributed by atoms with van der Waals surface area (Å²) in [6.45, 7) is 5.07. The number of ether oxygens (including phenoxy) is 2. The van der Waals surface area contributed by atoms with Gasteiger partial charge in [-0.05, 0) is 39.9 Å².